The van der Waals surface area contributed by atoms with E-state index in [-0.39, 0.29) is 30.2 Å². The fourth-order valence-corrected chi connectivity index (χ4v) is 5.37. The molecule has 178 valence electrons. The van der Waals surface area contributed by atoms with Crippen LogP contribution in [0.1, 0.15) is 73.9 Å². The normalized spacial score (nSPS) is 15.2. The van der Waals surface area contributed by atoms with Crippen LogP contribution in [0.2, 0.25) is 0 Å². The molecule has 0 saturated carbocycles. The Labute approximate surface area is 201 Å². The minimum atomic E-state index is -0.296. The van der Waals surface area contributed by atoms with Gasteiger partial charge in [-0.2, -0.15) is 0 Å². The summed E-state index contributed by atoms with van der Waals surface area (Å²) >= 11 is 1.69. The van der Waals surface area contributed by atoms with Crippen molar-refractivity contribution in [3.8, 4) is 0 Å². The number of carbonyl (C=O) groups is 2. The summed E-state index contributed by atoms with van der Waals surface area (Å²) in [6, 6.07) is 8.17. The highest BCUT2D eigenvalue weighted by atomic mass is 32.1. The minimum absolute atomic E-state index is 0.00491. The second-order valence-electron chi connectivity index (χ2n) is 8.67. The molecule has 0 fully saturated rings. The summed E-state index contributed by atoms with van der Waals surface area (Å²) in [6.45, 7) is 6.95. The molecule has 0 spiro atoms. The van der Waals surface area contributed by atoms with E-state index in [1.165, 1.54) is 36.3 Å². The van der Waals surface area contributed by atoms with Crippen molar-refractivity contribution in [1.82, 2.24) is 9.80 Å². The quantitative estimate of drug-likeness (QED) is 0.277. The van der Waals surface area contributed by atoms with Crippen LogP contribution >= 0.6 is 11.3 Å². The third-order valence-electron chi connectivity index (χ3n) is 6.24. The highest BCUT2D eigenvalue weighted by Crippen LogP contribution is 2.37. The van der Waals surface area contributed by atoms with Gasteiger partial charge in [-0.1, -0.05) is 57.2 Å². The fraction of sp³-hybridized carbons (Fsp3) is 0.481. The predicted molar refractivity (Wildman–Crippen MR) is 133 cm³/mol. The van der Waals surface area contributed by atoms with Crippen molar-refractivity contribution in [2.45, 2.75) is 64.3 Å². The van der Waals surface area contributed by atoms with Gasteiger partial charge in [0.15, 0.2) is 0 Å². The van der Waals surface area contributed by atoms with Crippen LogP contribution in [-0.2, 0) is 16.0 Å². The summed E-state index contributed by atoms with van der Waals surface area (Å²) in [6.07, 6.45) is 9.63. The number of rotatable bonds is 12. The molecule has 3 rings (SSSR count). The van der Waals surface area contributed by atoms with E-state index in [0.717, 1.165) is 36.8 Å². The number of hydrogen-bond donors (Lipinski definition) is 0. The summed E-state index contributed by atoms with van der Waals surface area (Å²) in [5, 5.41) is 2.04. The van der Waals surface area contributed by atoms with Crippen molar-refractivity contribution >= 4 is 23.2 Å². The standard InChI is InChI=1S/C27H35FN2O2S/c1-3-5-6-7-8-9-10-25(31)29(17-4-2)20-26(32)30-18-15-24-23(16-19-33-24)27(30)21-11-13-22(28)14-12-21/h4,11-14,16,19,27H,2-3,5-10,15,17-18,20H2,1H3. The number of nitrogens with zero attached hydrogens (tertiary/aromatic N) is 2. The number of benzene rings is 1. The van der Waals surface area contributed by atoms with E-state index >= 15 is 0 Å². The number of hydrogen-bond acceptors (Lipinski definition) is 3. The summed E-state index contributed by atoms with van der Waals surface area (Å²) in [7, 11) is 0. The van der Waals surface area contributed by atoms with Crippen molar-refractivity contribution in [2.24, 2.45) is 0 Å². The molecule has 2 aromatic rings. The Balaban J connectivity index is 1.68. The van der Waals surface area contributed by atoms with Crippen LogP contribution in [0.4, 0.5) is 4.39 Å². The largest absolute Gasteiger partial charge is 0.330 e. The van der Waals surface area contributed by atoms with Crippen molar-refractivity contribution in [3.05, 3.63) is 70.2 Å². The first-order valence-corrected chi connectivity index (χ1v) is 12.9. The Morgan fingerprint density at radius 3 is 2.61 bits per heavy atom. The zero-order valence-corrected chi connectivity index (χ0v) is 20.4. The predicted octanol–water partition coefficient (Wildman–Crippen LogP) is 6.13. The minimum Gasteiger partial charge on any atom is -0.330 e. The van der Waals surface area contributed by atoms with Crippen LogP contribution in [0.3, 0.4) is 0 Å². The summed E-state index contributed by atoms with van der Waals surface area (Å²) in [4.78, 5) is 31.0. The van der Waals surface area contributed by atoms with Crippen molar-refractivity contribution in [1.29, 1.82) is 0 Å². The third-order valence-corrected chi connectivity index (χ3v) is 7.24. The summed E-state index contributed by atoms with van der Waals surface area (Å²) in [5.74, 6) is -0.375. The smallest absolute Gasteiger partial charge is 0.243 e. The molecule has 0 radical (unpaired) electrons. The number of carbonyl (C=O) groups excluding carboxylic acids is 2. The lowest BCUT2D eigenvalue weighted by Gasteiger charge is -2.37. The average molecular weight is 471 g/mol. The van der Waals surface area contributed by atoms with E-state index in [4.69, 9.17) is 0 Å². The lowest BCUT2D eigenvalue weighted by molar-refractivity contribution is -0.141. The van der Waals surface area contributed by atoms with Gasteiger partial charge in [-0.3, -0.25) is 9.59 Å². The van der Waals surface area contributed by atoms with Gasteiger partial charge >= 0.3 is 0 Å². The molecule has 1 aromatic heterocycles. The van der Waals surface area contributed by atoms with Crippen LogP contribution in [0.25, 0.3) is 0 Å². The molecule has 33 heavy (non-hydrogen) atoms. The van der Waals surface area contributed by atoms with Crippen molar-refractivity contribution in [3.63, 3.8) is 0 Å². The molecule has 2 amide bonds. The topological polar surface area (TPSA) is 40.6 Å². The van der Waals surface area contributed by atoms with E-state index in [0.29, 0.717) is 19.5 Å². The fourth-order valence-electron chi connectivity index (χ4n) is 4.47. The number of unbranched alkanes of at least 4 members (excludes halogenated alkanes) is 5. The van der Waals surface area contributed by atoms with Crippen molar-refractivity contribution in [2.75, 3.05) is 19.6 Å². The number of halogens is 1. The van der Waals surface area contributed by atoms with E-state index < -0.39 is 0 Å². The van der Waals surface area contributed by atoms with Gasteiger partial charge in [0, 0.05) is 24.4 Å². The van der Waals surface area contributed by atoms with Crippen LogP contribution in [-0.4, -0.2) is 41.2 Å². The number of thiophene rings is 1. The van der Waals surface area contributed by atoms with Crippen LogP contribution < -0.4 is 0 Å². The zero-order chi connectivity index (χ0) is 23.6. The Hall–Kier alpha value is -2.47. The van der Waals surface area contributed by atoms with Gasteiger partial charge in [0.2, 0.25) is 11.8 Å². The molecule has 6 heteroatoms. The monoisotopic (exact) mass is 470 g/mol. The van der Waals surface area contributed by atoms with Crippen LogP contribution in [0, 0.1) is 5.82 Å². The Morgan fingerprint density at radius 2 is 1.88 bits per heavy atom. The van der Waals surface area contributed by atoms with E-state index in [9.17, 15) is 14.0 Å². The number of fused-ring (bicyclic) bond motifs is 1. The highest BCUT2D eigenvalue weighted by molar-refractivity contribution is 7.10. The molecule has 1 atom stereocenters. The van der Waals surface area contributed by atoms with Gasteiger partial charge in [-0.15, -0.1) is 17.9 Å². The molecule has 1 aliphatic rings. The molecular weight excluding hydrogens is 435 g/mol. The Bertz CT molecular complexity index is 924. The first-order chi connectivity index (χ1) is 16.0. The van der Waals surface area contributed by atoms with Gasteiger partial charge in [-0.25, -0.2) is 4.39 Å². The molecule has 1 unspecified atom stereocenters. The van der Waals surface area contributed by atoms with Gasteiger partial charge in [0.1, 0.15) is 12.4 Å². The molecule has 1 aromatic carbocycles. The number of amides is 2. The Morgan fingerprint density at radius 1 is 1.15 bits per heavy atom. The van der Waals surface area contributed by atoms with Crippen molar-refractivity contribution < 1.29 is 14.0 Å². The second-order valence-corrected chi connectivity index (χ2v) is 9.67. The molecule has 0 bridgehead atoms. The lowest BCUT2D eigenvalue weighted by atomic mass is 9.93. The molecule has 0 aliphatic carbocycles. The molecule has 1 aliphatic heterocycles. The van der Waals surface area contributed by atoms with Gasteiger partial charge in [-0.05, 0) is 47.5 Å². The lowest BCUT2D eigenvalue weighted by Crippen LogP contribution is -2.46. The first-order valence-electron chi connectivity index (χ1n) is 12.0. The van der Waals surface area contributed by atoms with Gasteiger partial charge in [0.05, 0.1) is 6.04 Å². The van der Waals surface area contributed by atoms with Gasteiger partial charge in [0.25, 0.3) is 0 Å². The summed E-state index contributed by atoms with van der Waals surface area (Å²) in [5.41, 5.74) is 1.98. The second kappa shape index (κ2) is 12.7. The maximum atomic E-state index is 13.5. The van der Waals surface area contributed by atoms with E-state index in [1.807, 2.05) is 10.3 Å². The molecule has 0 saturated heterocycles. The first kappa shape index (κ1) is 25.2. The molecule has 0 N–H and O–H groups in total. The molecule has 4 nitrogen and oxygen atoms in total. The highest BCUT2D eigenvalue weighted by Gasteiger charge is 2.33. The molecular formula is C27H35FN2O2S. The van der Waals surface area contributed by atoms with Crippen LogP contribution in [0.5, 0.6) is 0 Å². The maximum Gasteiger partial charge on any atom is 0.243 e. The van der Waals surface area contributed by atoms with Crippen LogP contribution in [0.15, 0.2) is 48.4 Å². The SMILES string of the molecule is C=CCN(CC(=O)N1CCc2sccc2C1c1ccc(F)cc1)C(=O)CCCCCCCC. The third kappa shape index (κ3) is 6.76. The Kier molecular flexibility index (Phi) is 9.67. The van der Waals surface area contributed by atoms with E-state index in [1.54, 1.807) is 34.4 Å². The summed E-state index contributed by atoms with van der Waals surface area (Å²) < 4.78 is 13.5. The maximum absolute atomic E-state index is 13.5. The molecule has 2 heterocycles. The van der Waals surface area contributed by atoms with Gasteiger partial charge < -0.3 is 9.80 Å². The average Bonchev–Trinajstić information content (AvgIpc) is 3.30. The zero-order valence-electron chi connectivity index (χ0n) is 19.6. The van der Waals surface area contributed by atoms with E-state index in [2.05, 4.69) is 19.6 Å².